The van der Waals surface area contributed by atoms with E-state index in [1.54, 1.807) is 57.0 Å². The minimum atomic E-state index is -1.01. The number of carbonyl (C=O) groups is 1. The number of amides is 1. The van der Waals surface area contributed by atoms with Gasteiger partial charge in [0.25, 0.3) is 5.91 Å². The van der Waals surface area contributed by atoms with Crippen LogP contribution in [0.2, 0.25) is 0 Å². The third kappa shape index (κ3) is 5.09. The number of nitrogens with zero attached hydrogens (tertiary/aromatic N) is 2. The minimum Gasteiger partial charge on any atom is -0.478 e. The molecule has 5 heteroatoms. The third-order valence-electron chi connectivity index (χ3n) is 3.10. The smallest absolute Gasteiger partial charge is 0.265 e. The van der Waals surface area contributed by atoms with Gasteiger partial charge in [-0.2, -0.15) is 5.26 Å². The topological polar surface area (TPSA) is 73.6 Å². The molecule has 0 aliphatic heterocycles. The molecule has 114 valence electrons. The van der Waals surface area contributed by atoms with Crippen LogP contribution in [0.3, 0.4) is 0 Å². The van der Waals surface area contributed by atoms with Gasteiger partial charge in [-0.25, -0.2) is 0 Å². The quantitative estimate of drug-likeness (QED) is 0.869. The Morgan fingerprint density at radius 1 is 1.43 bits per heavy atom. The van der Waals surface area contributed by atoms with Crippen LogP contribution < -0.4 is 4.74 Å². The van der Waals surface area contributed by atoms with Gasteiger partial charge in [-0.15, -0.1) is 0 Å². The predicted octanol–water partition coefficient (Wildman–Crippen LogP) is 1.94. The summed E-state index contributed by atoms with van der Waals surface area (Å²) in [5, 5.41) is 18.0. The summed E-state index contributed by atoms with van der Waals surface area (Å²) < 4.78 is 5.73. The van der Waals surface area contributed by atoms with Gasteiger partial charge >= 0.3 is 0 Å². The number of hydrogen-bond donors (Lipinski definition) is 1. The van der Waals surface area contributed by atoms with Crippen molar-refractivity contribution in [3.8, 4) is 11.8 Å². The first kappa shape index (κ1) is 17.0. The predicted molar refractivity (Wildman–Crippen MR) is 79.8 cm³/mol. The Bertz CT molecular complexity index is 515. The fourth-order valence-corrected chi connectivity index (χ4v) is 1.88. The lowest BCUT2D eigenvalue weighted by Gasteiger charge is -2.30. The van der Waals surface area contributed by atoms with Gasteiger partial charge in [-0.1, -0.05) is 0 Å². The Labute approximate surface area is 125 Å². The highest BCUT2D eigenvalue weighted by Crippen LogP contribution is 2.20. The molecule has 1 rings (SSSR count). The van der Waals surface area contributed by atoms with Crippen molar-refractivity contribution in [1.82, 2.24) is 4.90 Å². The molecule has 0 spiro atoms. The molecule has 1 unspecified atom stereocenters. The summed E-state index contributed by atoms with van der Waals surface area (Å²) in [6.07, 6.45) is 0.0812. The molecule has 1 aromatic carbocycles. The van der Waals surface area contributed by atoms with Crippen molar-refractivity contribution >= 4 is 5.91 Å². The Morgan fingerprint density at radius 2 is 2.00 bits per heavy atom. The number of nitriles is 1. The fraction of sp³-hybridized carbons (Fsp3) is 0.500. The van der Waals surface area contributed by atoms with Gasteiger partial charge in [0.15, 0.2) is 5.60 Å². The molecule has 21 heavy (non-hydrogen) atoms. The summed E-state index contributed by atoms with van der Waals surface area (Å²) in [6.45, 7) is 5.56. The van der Waals surface area contributed by atoms with Crippen molar-refractivity contribution in [2.45, 2.75) is 38.9 Å². The highest BCUT2D eigenvalue weighted by atomic mass is 16.5. The van der Waals surface area contributed by atoms with Crippen LogP contribution in [0.25, 0.3) is 0 Å². The first-order valence-corrected chi connectivity index (χ1v) is 6.89. The number of benzene rings is 1. The van der Waals surface area contributed by atoms with Crippen LogP contribution in [-0.4, -0.2) is 41.2 Å². The van der Waals surface area contributed by atoms with Gasteiger partial charge in [-0.3, -0.25) is 4.79 Å². The molecule has 1 aromatic rings. The number of aliphatic hydroxyl groups excluding tert-OH is 1. The number of hydrogen-bond acceptors (Lipinski definition) is 4. The van der Waals surface area contributed by atoms with E-state index in [1.165, 1.54) is 0 Å². The van der Waals surface area contributed by atoms with Crippen LogP contribution in [0.5, 0.6) is 5.75 Å². The van der Waals surface area contributed by atoms with Gasteiger partial charge in [0.05, 0.1) is 17.7 Å². The Morgan fingerprint density at radius 3 is 2.48 bits per heavy atom. The van der Waals surface area contributed by atoms with E-state index in [9.17, 15) is 9.90 Å². The van der Waals surface area contributed by atoms with Crippen molar-refractivity contribution in [2.24, 2.45) is 0 Å². The Kier molecular flexibility index (Phi) is 5.74. The zero-order valence-electron chi connectivity index (χ0n) is 13.0. The Balaban J connectivity index is 2.70. The zero-order chi connectivity index (χ0) is 16.0. The Hall–Kier alpha value is -2.06. The summed E-state index contributed by atoms with van der Waals surface area (Å²) >= 11 is 0. The lowest BCUT2D eigenvalue weighted by Crippen LogP contribution is -2.47. The summed E-state index contributed by atoms with van der Waals surface area (Å²) in [4.78, 5) is 13.9. The van der Waals surface area contributed by atoms with E-state index in [-0.39, 0.29) is 5.91 Å². The number of aliphatic hydroxyl groups is 1. The average molecular weight is 290 g/mol. The molecule has 1 amide bonds. The molecule has 1 atom stereocenters. The summed E-state index contributed by atoms with van der Waals surface area (Å²) in [5.74, 6) is 0.379. The van der Waals surface area contributed by atoms with E-state index < -0.39 is 11.7 Å². The largest absolute Gasteiger partial charge is 0.478 e. The first-order chi connectivity index (χ1) is 9.76. The zero-order valence-corrected chi connectivity index (χ0v) is 13.0. The molecule has 0 aliphatic rings. The lowest BCUT2D eigenvalue weighted by molar-refractivity contribution is -0.144. The molecule has 1 N–H and O–H groups in total. The van der Waals surface area contributed by atoms with Crippen molar-refractivity contribution in [3.63, 3.8) is 0 Å². The molecule has 5 nitrogen and oxygen atoms in total. The number of rotatable bonds is 6. The second-order valence-corrected chi connectivity index (χ2v) is 5.61. The molecular weight excluding hydrogens is 268 g/mol. The van der Waals surface area contributed by atoms with Gasteiger partial charge in [0, 0.05) is 13.6 Å². The van der Waals surface area contributed by atoms with Gasteiger partial charge < -0.3 is 14.7 Å². The van der Waals surface area contributed by atoms with Crippen molar-refractivity contribution in [1.29, 1.82) is 5.26 Å². The molecule has 0 heterocycles. The second kappa shape index (κ2) is 7.09. The molecule has 0 saturated heterocycles. The fourth-order valence-electron chi connectivity index (χ4n) is 1.88. The van der Waals surface area contributed by atoms with Gasteiger partial charge in [0.2, 0.25) is 0 Å². The van der Waals surface area contributed by atoms with Crippen molar-refractivity contribution in [2.75, 3.05) is 13.6 Å². The highest BCUT2D eigenvalue weighted by molar-refractivity contribution is 5.84. The number of likely N-dealkylation sites (N-methyl/N-ethyl adjacent to an activating group) is 1. The van der Waals surface area contributed by atoms with Gasteiger partial charge in [-0.05, 0) is 51.5 Å². The standard InChI is InChI=1S/C16H22N2O3/c1-12(19)9-10-18(4)15(20)16(2,3)21-14-7-5-13(11-17)6-8-14/h5-8,12,19H,9-10H2,1-4H3. The maximum absolute atomic E-state index is 12.4. The van der Waals surface area contributed by atoms with E-state index in [2.05, 4.69) is 0 Å². The second-order valence-electron chi connectivity index (χ2n) is 5.61. The maximum atomic E-state index is 12.4. The molecule has 0 fully saturated rings. The molecule has 0 radical (unpaired) electrons. The van der Waals surface area contributed by atoms with Crippen LogP contribution in [0, 0.1) is 11.3 Å². The first-order valence-electron chi connectivity index (χ1n) is 6.89. The average Bonchev–Trinajstić information content (AvgIpc) is 2.44. The van der Waals surface area contributed by atoms with E-state index in [0.29, 0.717) is 24.3 Å². The van der Waals surface area contributed by atoms with E-state index in [0.717, 1.165) is 0 Å². The van der Waals surface area contributed by atoms with Crippen LogP contribution in [0.15, 0.2) is 24.3 Å². The summed E-state index contributed by atoms with van der Waals surface area (Å²) in [6, 6.07) is 8.66. The van der Waals surface area contributed by atoms with Crippen LogP contribution >= 0.6 is 0 Å². The molecule has 0 aliphatic carbocycles. The minimum absolute atomic E-state index is 0.160. The summed E-state index contributed by atoms with van der Waals surface area (Å²) in [7, 11) is 1.69. The molecular formula is C16H22N2O3. The maximum Gasteiger partial charge on any atom is 0.265 e. The SMILES string of the molecule is CC(O)CCN(C)C(=O)C(C)(C)Oc1ccc(C#N)cc1. The molecule has 0 saturated carbocycles. The van der Waals surface area contributed by atoms with Crippen molar-refractivity contribution in [3.05, 3.63) is 29.8 Å². The number of carbonyl (C=O) groups excluding carboxylic acids is 1. The van der Waals surface area contributed by atoms with E-state index >= 15 is 0 Å². The van der Waals surface area contributed by atoms with Crippen LogP contribution in [-0.2, 0) is 4.79 Å². The normalized spacial score (nSPS) is 12.4. The number of ether oxygens (including phenoxy) is 1. The highest BCUT2D eigenvalue weighted by Gasteiger charge is 2.32. The monoisotopic (exact) mass is 290 g/mol. The molecule has 0 aromatic heterocycles. The van der Waals surface area contributed by atoms with Gasteiger partial charge in [0.1, 0.15) is 5.75 Å². The van der Waals surface area contributed by atoms with Crippen LogP contribution in [0.4, 0.5) is 0 Å². The van der Waals surface area contributed by atoms with Crippen LogP contribution in [0.1, 0.15) is 32.8 Å². The van der Waals surface area contributed by atoms with E-state index in [1.807, 2.05) is 6.07 Å². The lowest BCUT2D eigenvalue weighted by atomic mass is 10.1. The van der Waals surface area contributed by atoms with E-state index in [4.69, 9.17) is 10.00 Å². The molecule has 0 bridgehead atoms. The summed E-state index contributed by atoms with van der Waals surface area (Å²) in [5.41, 5.74) is -0.470. The third-order valence-corrected chi connectivity index (χ3v) is 3.10. The van der Waals surface area contributed by atoms with Crippen molar-refractivity contribution < 1.29 is 14.6 Å².